The second kappa shape index (κ2) is 10.5. The van der Waals surface area contributed by atoms with Crippen molar-refractivity contribution in [2.75, 3.05) is 25.1 Å². The monoisotopic (exact) mass is 450 g/mol. The third-order valence-electron chi connectivity index (χ3n) is 4.90. The number of carbonyl (C=O) groups excluding carboxylic acids is 2. The molecule has 32 heavy (non-hydrogen) atoms. The summed E-state index contributed by atoms with van der Waals surface area (Å²) in [6, 6.07) is 2.72. The van der Waals surface area contributed by atoms with E-state index < -0.39 is 23.5 Å². The van der Waals surface area contributed by atoms with E-state index in [9.17, 15) is 14.4 Å². The molecule has 1 saturated heterocycles. The second-order valence-electron chi connectivity index (χ2n) is 8.61. The maximum atomic E-state index is 12.9. The number of hydrogen-bond acceptors (Lipinski definition) is 6. The van der Waals surface area contributed by atoms with Crippen molar-refractivity contribution in [1.29, 1.82) is 5.41 Å². The molecule has 4 N–H and O–H groups in total. The van der Waals surface area contributed by atoms with Crippen LogP contribution in [0.15, 0.2) is 23.1 Å². The van der Waals surface area contributed by atoms with E-state index >= 15 is 0 Å². The lowest BCUT2D eigenvalue weighted by atomic mass is 10.0. The van der Waals surface area contributed by atoms with Crippen LogP contribution in [0.4, 0.5) is 10.5 Å². The largest absolute Gasteiger partial charge is 0.443 e. The summed E-state index contributed by atoms with van der Waals surface area (Å²) in [4.78, 5) is 40.7. The molecule has 2 atom stereocenters. The van der Waals surface area contributed by atoms with Gasteiger partial charge in [-0.2, -0.15) is 0 Å². The highest BCUT2D eigenvalue weighted by atomic mass is 16.6. The predicted octanol–water partition coefficient (Wildman–Crippen LogP) is 1.06. The Hall–Kier alpha value is -3.08. The summed E-state index contributed by atoms with van der Waals surface area (Å²) in [5, 5.41) is 10.6. The molecule has 1 aliphatic heterocycles. The molecule has 1 aromatic rings. The topological polar surface area (TPSA) is 143 Å². The van der Waals surface area contributed by atoms with Crippen LogP contribution in [0.5, 0.6) is 0 Å². The van der Waals surface area contributed by atoms with E-state index in [0.717, 1.165) is 11.3 Å². The summed E-state index contributed by atoms with van der Waals surface area (Å²) in [7, 11) is 1.44. The summed E-state index contributed by atoms with van der Waals surface area (Å²) in [6.45, 7) is 7.79. The van der Waals surface area contributed by atoms with Crippen LogP contribution in [0.3, 0.4) is 0 Å². The lowest BCUT2D eigenvalue weighted by Crippen LogP contribution is -2.60. The zero-order valence-corrected chi connectivity index (χ0v) is 19.4. The molecule has 0 aliphatic carbocycles. The third-order valence-corrected chi connectivity index (χ3v) is 4.90. The molecule has 2 heterocycles. The van der Waals surface area contributed by atoms with E-state index in [1.165, 1.54) is 23.9 Å². The number of rotatable bonds is 6. The Morgan fingerprint density at radius 2 is 2.06 bits per heavy atom. The quantitative estimate of drug-likeness (QED) is 0.434. The van der Waals surface area contributed by atoms with Crippen LogP contribution in [-0.2, 0) is 20.8 Å². The molecule has 178 valence electrons. The molecule has 0 bridgehead atoms. The van der Waals surface area contributed by atoms with Crippen molar-refractivity contribution < 1.29 is 19.1 Å². The van der Waals surface area contributed by atoms with Gasteiger partial charge in [0.2, 0.25) is 5.91 Å². The maximum Gasteiger partial charge on any atom is 0.414 e. The average Bonchev–Trinajstić information content (AvgIpc) is 2.69. The lowest BCUT2D eigenvalue weighted by Gasteiger charge is -2.41. The van der Waals surface area contributed by atoms with Crippen LogP contribution in [0, 0.1) is 5.41 Å². The summed E-state index contributed by atoms with van der Waals surface area (Å²) < 4.78 is 12.3. The normalized spacial score (nSPS) is 18.7. The summed E-state index contributed by atoms with van der Waals surface area (Å²) in [5.41, 5.74) is 4.56. The molecule has 0 radical (unpaired) electrons. The fraction of sp³-hybridized carbons (Fsp3) is 0.619. The number of likely N-dealkylation sites (tertiary alicyclic amines) is 1. The molecule has 1 aromatic heterocycles. The van der Waals surface area contributed by atoms with E-state index in [2.05, 4.69) is 5.32 Å². The van der Waals surface area contributed by atoms with Gasteiger partial charge in [0.05, 0.1) is 6.04 Å². The van der Waals surface area contributed by atoms with Gasteiger partial charge < -0.3 is 30.0 Å². The van der Waals surface area contributed by atoms with E-state index in [-0.39, 0.29) is 30.1 Å². The SMILES string of the molecule is CCOC1C(NC(=O)Cn2cccc(N(C)C(=O)OC(C)(C)C)c2=O)CCCN1C(=N)N. The molecule has 0 spiro atoms. The van der Waals surface area contributed by atoms with Gasteiger partial charge in [-0.1, -0.05) is 0 Å². The standard InChI is InChI=1S/C21H34N6O5/c1-6-31-18-14(9-7-12-27(18)19(22)23)24-16(28)13-26-11-8-10-15(17(26)29)25(5)20(30)32-21(2,3)4/h8,10-11,14,18H,6-7,9,12-13H2,1-5H3,(H3,22,23)(H,24,28). The Morgan fingerprint density at radius 1 is 1.38 bits per heavy atom. The first-order valence-corrected chi connectivity index (χ1v) is 10.6. The van der Waals surface area contributed by atoms with Crippen molar-refractivity contribution in [1.82, 2.24) is 14.8 Å². The minimum absolute atomic E-state index is 0.0992. The Bertz CT molecular complexity index is 893. The molecule has 2 rings (SSSR count). The molecule has 11 nitrogen and oxygen atoms in total. The zero-order valence-electron chi connectivity index (χ0n) is 19.4. The van der Waals surface area contributed by atoms with Gasteiger partial charge in [-0.15, -0.1) is 0 Å². The van der Waals surface area contributed by atoms with Crippen molar-refractivity contribution in [2.24, 2.45) is 5.73 Å². The Kier molecular flexibility index (Phi) is 8.25. The molecular formula is C21H34N6O5. The van der Waals surface area contributed by atoms with Gasteiger partial charge in [0.25, 0.3) is 5.56 Å². The Labute approximate surface area is 188 Å². The van der Waals surface area contributed by atoms with E-state index in [0.29, 0.717) is 19.6 Å². The molecule has 1 aliphatic rings. The number of piperidine rings is 1. The van der Waals surface area contributed by atoms with Gasteiger partial charge in [0, 0.05) is 26.4 Å². The van der Waals surface area contributed by atoms with E-state index in [4.69, 9.17) is 20.6 Å². The van der Waals surface area contributed by atoms with Gasteiger partial charge in [-0.25, -0.2) is 4.79 Å². The molecule has 0 aromatic carbocycles. The summed E-state index contributed by atoms with van der Waals surface area (Å²) in [6.07, 6.45) is 1.68. The molecule has 11 heteroatoms. The van der Waals surface area contributed by atoms with Gasteiger partial charge in [-0.05, 0) is 52.7 Å². The highest BCUT2D eigenvalue weighted by Crippen LogP contribution is 2.19. The first kappa shape index (κ1) is 25.2. The van der Waals surface area contributed by atoms with Crippen LogP contribution in [0.1, 0.15) is 40.5 Å². The molecule has 2 amide bonds. The third kappa shape index (κ3) is 6.46. The number of hydrogen-bond donors (Lipinski definition) is 3. The highest BCUT2D eigenvalue weighted by Gasteiger charge is 2.34. The zero-order chi connectivity index (χ0) is 24.1. The predicted molar refractivity (Wildman–Crippen MR) is 121 cm³/mol. The Balaban J connectivity index is 2.13. The van der Waals surface area contributed by atoms with Crippen molar-refractivity contribution in [3.8, 4) is 0 Å². The van der Waals surface area contributed by atoms with Crippen LogP contribution >= 0.6 is 0 Å². The average molecular weight is 451 g/mol. The van der Waals surface area contributed by atoms with Gasteiger partial charge in [0.1, 0.15) is 17.8 Å². The van der Waals surface area contributed by atoms with Crippen LogP contribution in [0.2, 0.25) is 0 Å². The second-order valence-corrected chi connectivity index (χ2v) is 8.61. The smallest absolute Gasteiger partial charge is 0.414 e. The van der Waals surface area contributed by atoms with Crippen molar-refractivity contribution in [3.63, 3.8) is 0 Å². The van der Waals surface area contributed by atoms with Crippen LogP contribution < -0.4 is 21.5 Å². The van der Waals surface area contributed by atoms with E-state index in [1.54, 1.807) is 31.7 Å². The van der Waals surface area contributed by atoms with Crippen LogP contribution in [-0.4, -0.2) is 65.5 Å². The minimum atomic E-state index is -0.704. The number of pyridine rings is 1. The molecular weight excluding hydrogens is 416 g/mol. The number of amides is 2. The number of anilines is 1. The van der Waals surface area contributed by atoms with Gasteiger partial charge >= 0.3 is 6.09 Å². The number of guanidine groups is 1. The molecule has 1 fully saturated rings. The Morgan fingerprint density at radius 3 is 2.66 bits per heavy atom. The van der Waals surface area contributed by atoms with Crippen molar-refractivity contribution >= 4 is 23.6 Å². The number of nitrogens with two attached hydrogens (primary N) is 1. The number of nitrogens with zero attached hydrogens (tertiary/aromatic N) is 3. The fourth-order valence-corrected chi connectivity index (χ4v) is 3.49. The molecule has 2 unspecified atom stereocenters. The number of nitrogens with one attached hydrogen (secondary N) is 2. The minimum Gasteiger partial charge on any atom is -0.443 e. The first-order chi connectivity index (χ1) is 14.9. The maximum absolute atomic E-state index is 12.9. The summed E-state index contributed by atoms with van der Waals surface area (Å²) in [5.74, 6) is -0.499. The van der Waals surface area contributed by atoms with Crippen molar-refractivity contribution in [2.45, 2.75) is 65.0 Å². The fourth-order valence-electron chi connectivity index (χ4n) is 3.49. The number of ether oxygens (including phenoxy) is 2. The van der Waals surface area contributed by atoms with Gasteiger partial charge in [0.15, 0.2) is 12.2 Å². The number of carbonyl (C=O) groups is 2. The lowest BCUT2D eigenvalue weighted by molar-refractivity contribution is -0.126. The van der Waals surface area contributed by atoms with Crippen molar-refractivity contribution in [3.05, 3.63) is 28.7 Å². The van der Waals surface area contributed by atoms with Gasteiger partial charge in [-0.3, -0.25) is 19.9 Å². The van der Waals surface area contributed by atoms with Crippen LogP contribution in [0.25, 0.3) is 0 Å². The van der Waals surface area contributed by atoms with E-state index in [1.807, 2.05) is 6.92 Å². The molecule has 0 saturated carbocycles. The highest BCUT2D eigenvalue weighted by molar-refractivity contribution is 5.87. The summed E-state index contributed by atoms with van der Waals surface area (Å²) >= 11 is 0. The number of aromatic nitrogens is 1. The first-order valence-electron chi connectivity index (χ1n) is 10.6.